The number of hydrogen-bond acceptors (Lipinski definition) is 4. The number of ether oxygens (including phenoxy) is 1. The number of para-hydroxylation sites is 1. The molecule has 0 unspecified atom stereocenters. The second kappa shape index (κ2) is 5.40. The number of anilines is 1. The quantitative estimate of drug-likeness (QED) is 0.869. The molecule has 1 aliphatic rings. The minimum Gasteiger partial charge on any atom is -0.491 e. The summed E-state index contributed by atoms with van der Waals surface area (Å²) in [7, 11) is 0. The Morgan fingerprint density at radius 2 is 2.19 bits per heavy atom. The molecule has 1 aliphatic heterocycles. The fourth-order valence-corrected chi connectivity index (χ4v) is 2.29. The summed E-state index contributed by atoms with van der Waals surface area (Å²) in [4.78, 5) is 17.8. The highest BCUT2D eigenvalue weighted by molar-refractivity contribution is 5.98. The number of fused-ring (bicyclic) bond motifs is 1. The molecule has 1 aromatic carbocycles. The van der Waals surface area contributed by atoms with Crippen molar-refractivity contribution >= 4 is 11.7 Å². The Morgan fingerprint density at radius 1 is 1.38 bits per heavy atom. The summed E-state index contributed by atoms with van der Waals surface area (Å²) in [5.41, 5.74) is 6.66. The van der Waals surface area contributed by atoms with Crippen molar-refractivity contribution in [2.75, 3.05) is 18.9 Å². The fraction of sp³-hybridized carbons (Fsp3) is 0.200. The molecule has 2 N–H and O–H groups in total. The Balaban J connectivity index is 1.90. The highest BCUT2D eigenvalue weighted by Gasteiger charge is 2.23. The van der Waals surface area contributed by atoms with E-state index in [4.69, 9.17) is 10.5 Å². The van der Waals surface area contributed by atoms with Crippen LogP contribution in [0.5, 0.6) is 5.75 Å². The summed E-state index contributed by atoms with van der Waals surface area (Å²) >= 11 is 0. The first-order valence-electron chi connectivity index (χ1n) is 6.56. The number of carbonyl (C=O) groups is 1. The number of carbonyl (C=O) groups excluding carboxylic acids is 1. The van der Waals surface area contributed by atoms with E-state index in [-0.39, 0.29) is 17.3 Å². The summed E-state index contributed by atoms with van der Waals surface area (Å²) in [6, 6.07) is 8.64. The van der Waals surface area contributed by atoms with Gasteiger partial charge in [0, 0.05) is 12.1 Å². The lowest BCUT2D eigenvalue weighted by Gasteiger charge is -2.20. The van der Waals surface area contributed by atoms with Crippen LogP contribution in [0.2, 0.25) is 0 Å². The lowest BCUT2D eigenvalue weighted by molar-refractivity contribution is 0.0733. The number of hydrogen-bond donors (Lipinski definition) is 1. The van der Waals surface area contributed by atoms with Crippen molar-refractivity contribution in [2.24, 2.45) is 0 Å². The van der Waals surface area contributed by atoms with Gasteiger partial charge in [-0.15, -0.1) is 0 Å². The minimum atomic E-state index is -0.584. The van der Waals surface area contributed by atoms with Crippen molar-refractivity contribution in [3.8, 4) is 5.75 Å². The Kier molecular flexibility index (Phi) is 3.43. The molecule has 1 aromatic heterocycles. The van der Waals surface area contributed by atoms with Gasteiger partial charge in [-0.1, -0.05) is 18.2 Å². The first-order valence-corrected chi connectivity index (χ1v) is 6.56. The van der Waals surface area contributed by atoms with Gasteiger partial charge in [-0.25, -0.2) is 9.37 Å². The van der Waals surface area contributed by atoms with Gasteiger partial charge in [-0.3, -0.25) is 4.79 Å². The zero-order chi connectivity index (χ0) is 14.8. The van der Waals surface area contributed by atoms with Crippen molar-refractivity contribution < 1.29 is 13.9 Å². The van der Waals surface area contributed by atoms with Crippen molar-refractivity contribution in [1.82, 2.24) is 9.88 Å². The van der Waals surface area contributed by atoms with E-state index in [1.807, 2.05) is 24.3 Å². The molecule has 6 heteroatoms. The van der Waals surface area contributed by atoms with E-state index < -0.39 is 5.82 Å². The molecule has 1 amide bonds. The SMILES string of the molecule is Nc1ncc(F)cc1C(=O)N1CCOc2ccccc2C1. The van der Waals surface area contributed by atoms with Crippen LogP contribution in [0.1, 0.15) is 15.9 Å². The summed E-state index contributed by atoms with van der Waals surface area (Å²) in [5, 5.41) is 0. The van der Waals surface area contributed by atoms with Crippen LogP contribution in [0.3, 0.4) is 0 Å². The zero-order valence-corrected chi connectivity index (χ0v) is 11.3. The Labute approximate surface area is 121 Å². The maximum Gasteiger partial charge on any atom is 0.258 e. The van der Waals surface area contributed by atoms with Gasteiger partial charge in [0.15, 0.2) is 0 Å². The number of aromatic nitrogens is 1. The number of pyridine rings is 1. The normalized spacial score (nSPS) is 14.0. The molecule has 0 saturated carbocycles. The lowest BCUT2D eigenvalue weighted by atomic mass is 10.1. The number of nitrogens with two attached hydrogens (primary N) is 1. The predicted molar refractivity (Wildman–Crippen MR) is 75.3 cm³/mol. The first-order chi connectivity index (χ1) is 10.1. The fourth-order valence-electron chi connectivity index (χ4n) is 2.29. The number of benzene rings is 1. The molecule has 0 spiro atoms. The minimum absolute atomic E-state index is 0.0276. The summed E-state index contributed by atoms with van der Waals surface area (Å²) in [5.74, 6) is -0.142. The van der Waals surface area contributed by atoms with Crippen molar-refractivity contribution in [3.63, 3.8) is 0 Å². The molecular formula is C15H14FN3O2. The van der Waals surface area contributed by atoms with Crippen LogP contribution >= 0.6 is 0 Å². The van der Waals surface area contributed by atoms with Gasteiger partial charge in [-0.2, -0.15) is 0 Å². The third-order valence-corrected chi connectivity index (χ3v) is 3.36. The molecule has 5 nitrogen and oxygen atoms in total. The summed E-state index contributed by atoms with van der Waals surface area (Å²) in [6.45, 7) is 1.18. The van der Waals surface area contributed by atoms with Crippen LogP contribution in [-0.4, -0.2) is 28.9 Å². The third-order valence-electron chi connectivity index (χ3n) is 3.36. The Morgan fingerprint density at radius 3 is 3.05 bits per heavy atom. The number of nitrogens with zero attached hydrogens (tertiary/aromatic N) is 2. The van der Waals surface area contributed by atoms with Crippen LogP contribution in [-0.2, 0) is 6.54 Å². The number of nitrogen functional groups attached to an aromatic ring is 1. The van der Waals surface area contributed by atoms with Crippen molar-refractivity contribution in [3.05, 3.63) is 53.5 Å². The molecule has 2 aromatic rings. The largest absolute Gasteiger partial charge is 0.491 e. The molecular weight excluding hydrogens is 273 g/mol. The predicted octanol–water partition coefficient (Wildman–Crippen LogP) is 1.84. The summed E-state index contributed by atoms with van der Waals surface area (Å²) in [6.07, 6.45) is 0.993. The molecule has 108 valence electrons. The van der Waals surface area contributed by atoms with Crippen LogP contribution in [0.25, 0.3) is 0 Å². The van der Waals surface area contributed by atoms with Crippen molar-refractivity contribution in [1.29, 1.82) is 0 Å². The molecule has 0 fully saturated rings. The van der Waals surface area contributed by atoms with Gasteiger partial charge in [-0.05, 0) is 12.1 Å². The van der Waals surface area contributed by atoms with Gasteiger partial charge in [0.2, 0.25) is 0 Å². The van der Waals surface area contributed by atoms with E-state index in [2.05, 4.69) is 4.98 Å². The maximum absolute atomic E-state index is 13.3. The third kappa shape index (κ3) is 2.65. The molecule has 0 radical (unpaired) electrons. The smallest absolute Gasteiger partial charge is 0.258 e. The number of rotatable bonds is 1. The molecule has 0 atom stereocenters. The van der Waals surface area contributed by atoms with Gasteiger partial charge >= 0.3 is 0 Å². The standard InChI is InChI=1S/C15H14FN3O2/c16-11-7-12(14(17)18-8-11)15(20)19-5-6-21-13-4-2-1-3-10(13)9-19/h1-4,7-8H,5-6,9H2,(H2,17,18). The van der Waals surface area contributed by atoms with E-state index in [0.717, 1.165) is 23.6 Å². The summed E-state index contributed by atoms with van der Waals surface area (Å²) < 4.78 is 18.9. The first kappa shape index (κ1) is 13.4. The van der Waals surface area contributed by atoms with Gasteiger partial charge in [0.25, 0.3) is 5.91 Å². The topological polar surface area (TPSA) is 68.5 Å². The molecule has 0 aliphatic carbocycles. The van der Waals surface area contributed by atoms with Crippen molar-refractivity contribution in [2.45, 2.75) is 6.54 Å². The van der Waals surface area contributed by atoms with E-state index in [9.17, 15) is 9.18 Å². The van der Waals surface area contributed by atoms with Gasteiger partial charge < -0.3 is 15.4 Å². The van der Waals surface area contributed by atoms with Gasteiger partial charge in [0.05, 0.1) is 18.3 Å². The average molecular weight is 287 g/mol. The maximum atomic E-state index is 13.3. The second-order valence-electron chi connectivity index (χ2n) is 4.77. The molecule has 0 saturated heterocycles. The Bertz CT molecular complexity index is 690. The van der Waals surface area contributed by atoms with Crippen LogP contribution in [0.4, 0.5) is 10.2 Å². The number of halogens is 1. The van der Waals surface area contributed by atoms with Crippen LogP contribution < -0.4 is 10.5 Å². The van der Waals surface area contributed by atoms with Crippen LogP contribution in [0, 0.1) is 5.82 Å². The van der Waals surface area contributed by atoms with E-state index in [1.165, 1.54) is 0 Å². The molecule has 21 heavy (non-hydrogen) atoms. The molecule has 2 heterocycles. The Hall–Kier alpha value is -2.63. The zero-order valence-electron chi connectivity index (χ0n) is 11.3. The van der Waals surface area contributed by atoms with E-state index in [0.29, 0.717) is 19.7 Å². The lowest BCUT2D eigenvalue weighted by Crippen LogP contribution is -2.33. The van der Waals surface area contributed by atoms with Gasteiger partial charge in [0.1, 0.15) is 24.0 Å². The highest BCUT2D eigenvalue weighted by Crippen LogP contribution is 2.24. The molecule has 3 rings (SSSR count). The monoisotopic (exact) mass is 287 g/mol. The number of amides is 1. The van der Waals surface area contributed by atoms with E-state index in [1.54, 1.807) is 4.90 Å². The average Bonchev–Trinajstić information content (AvgIpc) is 2.71. The second-order valence-corrected chi connectivity index (χ2v) is 4.77. The van der Waals surface area contributed by atoms with E-state index >= 15 is 0 Å². The van der Waals surface area contributed by atoms with Crippen LogP contribution in [0.15, 0.2) is 36.5 Å². The highest BCUT2D eigenvalue weighted by atomic mass is 19.1. The molecule has 0 bridgehead atoms.